The fraction of sp³-hybridized carbons (Fsp3) is 0.0909. The molecule has 5 heteroatoms. The summed E-state index contributed by atoms with van der Waals surface area (Å²) in [6, 6.07) is 7.50. The number of nitrogens with zero attached hydrogens (tertiary/aromatic N) is 1. The number of rotatable bonds is 1. The van der Waals surface area contributed by atoms with Crippen molar-refractivity contribution in [1.82, 2.24) is 10.2 Å². The second-order valence-corrected chi connectivity index (χ2v) is 3.76. The van der Waals surface area contributed by atoms with Crippen LogP contribution >= 0.6 is 0 Å². The maximum atomic E-state index is 11.3. The molecule has 0 bridgehead atoms. The SMILES string of the molecule is Nc1cc(-c2cccc3c2CC(=O)N3)[nH]n1. The summed E-state index contributed by atoms with van der Waals surface area (Å²) in [6.07, 6.45) is 0.407. The molecule has 16 heavy (non-hydrogen) atoms. The predicted octanol–water partition coefficient (Wildman–Crippen LogP) is 1.15. The van der Waals surface area contributed by atoms with Crippen molar-refractivity contribution >= 4 is 17.4 Å². The lowest BCUT2D eigenvalue weighted by Crippen LogP contribution is -2.03. The Morgan fingerprint density at radius 2 is 2.25 bits per heavy atom. The first kappa shape index (κ1) is 8.96. The van der Waals surface area contributed by atoms with E-state index in [1.807, 2.05) is 18.2 Å². The molecule has 0 unspecified atom stereocenters. The van der Waals surface area contributed by atoms with Gasteiger partial charge in [0, 0.05) is 17.3 Å². The van der Waals surface area contributed by atoms with E-state index in [0.717, 1.165) is 22.5 Å². The Balaban J connectivity index is 2.16. The van der Waals surface area contributed by atoms with Gasteiger partial charge >= 0.3 is 0 Å². The number of nitrogens with two attached hydrogens (primary N) is 1. The van der Waals surface area contributed by atoms with Crippen LogP contribution in [0.3, 0.4) is 0 Å². The molecule has 1 amide bonds. The number of H-pyrrole nitrogens is 1. The highest BCUT2D eigenvalue weighted by Gasteiger charge is 2.21. The molecule has 0 spiro atoms. The molecule has 0 fully saturated rings. The van der Waals surface area contributed by atoms with Crippen LogP contribution in [0.4, 0.5) is 11.5 Å². The molecule has 1 aliphatic rings. The average molecular weight is 214 g/mol. The van der Waals surface area contributed by atoms with Crippen molar-refractivity contribution in [3.63, 3.8) is 0 Å². The Morgan fingerprint density at radius 1 is 1.38 bits per heavy atom. The van der Waals surface area contributed by atoms with E-state index >= 15 is 0 Å². The molecule has 80 valence electrons. The Labute approximate surface area is 91.7 Å². The molecule has 1 aromatic heterocycles. The zero-order chi connectivity index (χ0) is 11.1. The predicted molar refractivity (Wildman–Crippen MR) is 60.8 cm³/mol. The number of carbonyl (C=O) groups excluding carboxylic acids is 1. The first-order valence-electron chi connectivity index (χ1n) is 4.97. The van der Waals surface area contributed by atoms with Gasteiger partial charge in [0.1, 0.15) is 5.82 Å². The van der Waals surface area contributed by atoms with E-state index < -0.39 is 0 Å². The first-order chi connectivity index (χ1) is 7.74. The molecule has 2 aromatic rings. The Kier molecular flexibility index (Phi) is 1.73. The third-order valence-electron chi connectivity index (χ3n) is 2.68. The van der Waals surface area contributed by atoms with E-state index in [4.69, 9.17) is 5.73 Å². The van der Waals surface area contributed by atoms with Crippen molar-refractivity contribution in [2.75, 3.05) is 11.1 Å². The van der Waals surface area contributed by atoms with Gasteiger partial charge in [0.25, 0.3) is 0 Å². The fourth-order valence-electron chi connectivity index (χ4n) is 1.98. The van der Waals surface area contributed by atoms with Gasteiger partial charge in [0.2, 0.25) is 5.91 Å². The molecule has 3 rings (SSSR count). The number of aromatic amines is 1. The summed E-state index contributed by atoms with van der Waals surface area (Å²) in [4.78, 5) is 11.3. The van der Waals surface area contributed by atoms with Crippen LogP contribution in [0.15, 0.2) is 24.3 Å². The van der Waals surface area contributed by atoms with Crippen LogP contribution in [0.25, 0.3) is 11.3 Å². The van der Waals surface area contributed by atoms with E-state index in [1.54, 1.807) is 6.07 Å². The maximum absolute atomic E-state index is 11.3. The van der Waals surface area contributed by atoms with Gasteiger partial charge < -0.3 is 11.1 Å². The molecule has 2 heterocycles. The smallest absolute Gasteiger partial charge is 0.228 e. The normalized spacial score (nSPS) is 13.6. The number of benzene rings is 1. The van der Waals surface area contributed by atoms with E-state index in [1.165, 1.54) is 0 Å². The number of hydrogen-bond donors (Lipinski definition) is 3. The highest BCUT2D eigenvalue weighted by atomic mass is 16.1. The van der Waals surface area contributed by atoms with Crippen LogP contribution in [0.2, 0.25) is 0 Å². The number of nitrogen functional groups attached to an aromatic ring is 1. The van der Waals surface area contributed by atoms with E-state index in [0.29, 0.717) is 12.2 Å². The lowest BCUT2D eigenvalue weighted by molar-refractivity contribution is -0.115. The number of hydrogen-bond acceptors (Lipinski definition) is 3. The van der Waals surface area contributed by atoms with Crippen LogP contribution in [-0.4, -0.2) is 16.1 Å². The molecule has 0 saturated heterocycles. The van der Waals surface area contributed by atoms with E-state index in [9.17, 15) is 4.79 Å². The van der Waals surface area contributed by atoms with E-state index in [-0.39, 0.29) is 5.91 Å². The van der Waals surface area contributed by atoms with Gasteiger partial charge in [-0.05, 0) is 11.6 Å². The number of anilines is 2. The van der Waals surface area contributed by atoms with Gasteiger partial charge in [-0.2, -0.15) is 5.10 Å². The lowest BCUT2D eigenvalue weighted by atomic mass is 10.0. The van der Waals surface area contributed by atoms with Crippen molar-refractivity contribution in [2.24, 2.45) is 0 Å². The van der Waals surface area contributed by atoms with Crippen LogP contribution in [0.5, 0.6) is 0 Å². The largest absolute Gasteiger partial charge is 0.382 e. The highest BCUT2D eigenvalue weighted by molar-refractivity contribution is 6.01. The van der Waals surface area contributed by atoms with Gasteiger partial charge in [-0.1, -0.05) is 12.1 Å². The summed E-state index contributed by atoms with van der Waals surface area (Å²) in [6.45, 7) is 0. The standard InChI is InChI=1S/C11H10N4O/c12-10-5-9(14-15-10)6-2-1-3-8-7(6)4-11(16)13-8/h1-3,5H,4H2,(H,13,16)(H3,12,14,15). The first-order valence-corrected chi connectivity index (χ1v) is 4.97. The van der Waals surface area contributed by atoms with Gasteiger partial charge in [0.05, 0.1) is 12.1 Å². The van der Waals surface area contributed by atoms with Crippen molar-refractivity contribution < 1.29 is 4.79 Å². The summed E-state index contributed by atoms with van der Waals surface area (Å²) in [5, 5.41) is 9.55. The molecule has 0 radical (unpaired) electrons. The van der Waals surface area contributed by atoms with E-state index in [2.05, 4.69) is 15.5 Å². The zero-order valence-electron chi connectivity index (χ0n) is 8.45. The summed E-state index contributed by atoms with van der Waals surface area (Å²) < 4.78 is 0. The molecule has 0 aliphatic carbocycles. The monoisotopic (exact) mass is 214 g/mol. The van der Waals surface area contributed by atoms with Gasteiger partial charge in [-0.3, -0.25) is 9.89 Å². The van der Waals surface area contributed by atoms with Crippen LogP contribution in [0.1, 0.15) is 5.56 Å². The summed E-state index contributed by atoms with van der Waals surface area (Å²) >= 11 is 0. The number of carbonyl (C=O) groups is 1. The number of aromatic nitrogens is 2. The van der Waals surface area contributed by atoms with Crippen LogP contribution < -0.4 is 11.1 Å². The summed E-state index contributed by atoms with van der Waals surface area (Å²) in [5.41, 5.74) is 9.24. The number of fused-ring (bicyclic) bond motifs is 1. The van der Waals surface area contributed by atoms with Gasteiger partial charge in [-0.25, -0.2) is 0 Å². The maximum Gasteiger partial charge on any atom is 0.228 e. The molecule has 0 atom stereocenters. The Hall–Kier alpha value is -2.30. The molecule has 4 N–H and O–H groups in total. The van der Waals surface area contributed by atoms with Crippen LogP contribution in [-0.2, 0) is 11.2 Å². The Bertz CT molecular complexity index is 573. The Morgan fingerprint density at radius 3 is 3.00 bits per heavy atom. The topological polar surface area (TPSA) is 83.8 Å². The average Bonchev–Trinajstić information content (AvgIpc) is 2.82. The molecule has 5 nitrogen and oxygen atoms in total. The summed E-state index contributed by atoms with van der Waals surface area (Å²) in [5.74, 6) is 0.472. The van der Waals surface area contributed by atoms with Crippen LogP contribution in [0, 0.1) is 0 Å². The van der Waals surface area contributed by atoms with Gasteiger partial charge in [0.15, 0.2) is 0 Å². The molecule has 1 aromatic carbocycles. The molecular formula is C11H10N4O. The van der Waals surface area contributed by atoms with Gasteiger partial charge in [-0.15, -0.1) is 0 Å². The quantitative estimate of drug-likeness (QED) is 0.665. The minimum Gasteiger partial charge on any atom is -0.382 e. The third kappa shape index (κ3) is 1.25. The number of amides is 1. The second kappa shape index (κ2) is 3.10. The van der Waals surface area contributed by atoms with Crippen molar-refractivity contribution in [3.8, 4) is 11.3 Å². The molecule has 0 saturated carbocycles. The fourth-order valence-corrected chi connectivity index (χ4v) is 1.98. The third-order valence-corrected chi connectivity index (χ3v) is 2.68. The number of nitrogens with one attached hydrogen (secondary N) is 2. The minimum atomic E-state index is 0.0231. The summed E-state index contributed by atoms with van der Waals surface area (Å²) in [7, 11) is 0. The lowest BCUT2D eigenvalue weighted by Gasteiger charge is -2.03. The van der Waals surface area contributed by atoms with Crippen molar-refractivity contribution in [1.29, 1.82) is 0 Å². The van der Waals surface area contributed by atoms with Crippen molar-refractivity contribution in [2.45, 2.75) is 6.42 Å². The molecule has 1 aliphatic heterocycles. The minimum absolute atomic E-state index is 0.0231. The second-order valence-electron chi connectivity index (χ2n) is 3.76. The zero-order valence-corrected chi connectivity index (χ0v) is 8.45. The highest BCUT2D eigenvalue weighted by Crippen LogP contribution is 2.32. The molecular weight excluding hydrogens is 204 g/mol. The van der Waals surface area contributed by atoms with Crippen molar-refractivity contribution in [3.05, 3.63) is 29.8 Å².